The highest BCUT2D eigenvalue weighted by atomic mass is 17.2. The zero-order valence-electron chi connectivity index (χ0n) is 14.0. The minimum atomic E-state index is -0.968. The van der Waals surface area contributed by atoms with Crippen molar-refractivity contribution in [2.45, 2.75) is 26.1 Å². The smallest absolute Gasteiger partial charge is 0.347 e. The van der Waals surface area contributed by atoms with E-state index in [-0.39, 0.29) is 11.8 Å². The second kappa shape index (κ2) is 7.80. The summed E-state index contributed by atoms with van der Waals surface area (Å²) >= 11 is 0. The fourth-order valence-electron chi connectivity index (χ4n) is 3.75. The Balaban J connectivity index is 1.59. The summed E-state index contributed by atoms with van der Waals surface area (Å²) in [4.78, 5) is 34.1. The second-order valence-corrected chi connectivity index (χ2v) is 6.41. The molecule has 5 atom stereocenters. The van der Waals surface area contributed by atoms with E-state index >= 15 is 0 Å². The summed E-state index contributed by atoms with van der Waals surface area (Å²) in [7, 11) is 0. The molecule has 0 heterocycles. The van der Waals surface area contributed by atoms with Gasteiger partial charge in [0.25, 0.3) is 0 Å². The van der Waals surface area contributed by atoms with Gasteiger partial charge in [-0.25, -0.2) is 4.79 Å². The van der Waals surface area contributed by atoms with Crippen LogP contribution in [0.4, 0.5) is 0 Å². The summed E-state index contributed by atoms with van der Waals surface area (Å²) in [6.07, 6.45) is 4.16. The molecule has 0 saturated heterocycles. The lowest BCUT2D eigenvalue weighted by Gasteiger charge is -2.23. The van der Waals surface area contributed by atoms with Gasteiger partial charge in [0.1, 0.15) is 0 Å². The van der Waals surface area contributed by atoms with E-state index in [0.29, 0.717) is 19.4 Å². The van der Waals surface area contributed by atoms with Crippen molar-refractivity contribution in [3.63, 3.8) is 0 Å². The van der Waals surface area contributed by atoms with Gasteiger partial charge in [0.05, 0.1) is 11.8 Å². The number of rotatable bonds is 8. The molecule has 0 aliphatic heterocycles. The molecule has 2 aliphatic rings. The van der Waals surface area contributed by atoms with E-state index in [1.54, 1.807) is 0 Å². The van der Waals surface area contributed by atoms with Crippen molar-refractivity contribution in [3.05, 3.63) is 48.0 Å². The quantitative estimate of drug-likeness (QED) is 0.337. The van der Waals surface area contributed by atoms with Crippen LogP contribution in [0.25, 0.3) is 0 Å². The molecule has 0 spiro atoms. The van der Waals surface area contributed by atoms with Crippen LogP contribution in [0.1, 0.15) is 18.9 Å². The van der Waals surface area contributed by atoms with Crippen molar-refractivity contribution in [2.75, 3.05) is 6.61 Å². The maximum Gasteiger partial charge on any atom is 0.347 e. The Morgan fingerprint density at radius 1 is 1.16 bits per heavy atom. The van der Waals surface area contributed by atoms with Gasteiger partial charge in [-0.1, -0.05) is 42.5 Å². The molecular weight excluding hydrogens is 324 g/mol. The summed E-state index contributed by atoms with van der Waals surface area (Å²) < 4.78 is 5.47. The maximum atomic E-state index is 12.4. The van der Waals surface area contributed by atoms with E-state index < -0.39 is 30.1 Å². The van der Waals surface area contributed by atoms with E-state index in [1.807, 2.05) is 49.4 Å². The van der Waals surface area contributed by atoms with Gasteiger partial charge >= 0.3 is 11.9 Å². The lowest BCUT2D eigenvalue weighted by molar-refractivity contribution is -0.353. The predicted molar refractivity (Wildman–Crippen MR) is 88.1 cm³/mol. The largest absolute Gasteiger partial charge is 0.481 e. The molecule has 5 unspecified atom stereocenters. The summed E-state index contributed by atoms with van der Waals surface area (Å²) in [6, 6.07) is 9.58. The van der Waals surface area contributed by atoms with Gasteiger partial charge in [0, 0.05) is 13.0 Å². The molecule has 0 radical (unpaired) electrons. The van der Waals surface area contributed by atoms with E-state index in [4.69, 9.17) is 14.5 Å². The number of carbonyl (C=O) groups is 2. The first kappa shape index (κ1) is 17.6. The number of hydrogen-bond acceptors (Lipinski definition) is 5. The first-order valence-electron chi connectivity index (χ1n) is 8.54. The van der Waals surface area contributed by atoms with E-state index in [0.717, 1.165) is 5.56 Å². The zero-order valence-corrected chi connectivity index (χ0v) is 14.0. The standard InChI is InChI=1S/C19H22O6/c1-2-23-15(10-12-6-4-3-5-7-12)24-25-19(22)17-14-9-8-13(11-14)16(17)18(20)21/h3-9,13-17H,2,10-11H2,1H3,(H,20,21). The topological polar surface area (TPSA) is 82.1 Å². The third-order valence-corrected chi connectivity index (χ3v) is 4.85. The van der Waals surface area contributed by atoms with E-state index in [2.05, 4.69) is 0 Å². The Morgan fingerprint density at radius 3 is 2.48 bits per heavy atom. The Labute approximate surface area is 146 Å². The molecule has 3 rings (SSSR count). The third kappa shape index (κ3) is 3.91. The number of ether oxygens (including phenoxy) is 1. The van der Waals surface area contributed by atoms with Crippen LogP contribution in [0.3, 0.4) is 0 Å². The van der Waals surface area contributed by atoms with Crippen molar-refractivity contribution in [1.82, 2.24) is 0 Å². The van der Waals surface area contributed by atoms with Gasteiger partial charge in [-0.3, -0.25) is 9.68 Å². The van der Waals surface area contributed by atoms with Crippen LogP contribution >= 0.6 is 0 Å². The minimum absolute atomic E-state index is 0.0955. The second-order valence-electron chi connectivity index (χ2n) is 6.41. The maximum absolute atomic E-state index is 12.4. The van der Waals surface area contributed by atoms with Crippen LogP contribution in [-0.2, 0) is 30.5 Å². The van der Waals surface area contributed by atoms with Crippen molar-refractivity contribution in [3.8, 4) is 0 Å². The van der Waals surface area contributed by atoms with Crippen molar-refractivity contribution >= 4 is 11.9 Å². The minimum Gasteiger partial charge on any atom is -0.481 e. The van der Waals surface area contributed by atoms with Crippen molar-refractivity contribution in [2.24, 2.45) is 23.7 Å². The molecule has 1 N–H and O–H groups in total. The third-order valence-electron chi connectivity index (χ3n) is 4.85. The molecule has 6 heteroatoms. The molecule has 1 fully saturated rings. The number of carboxylic acids is 1. The highest BCUT2D eigenvalue weighted by Crippen LogP contribution is 2.48. The molecule has 134 valence electrons. The first-order chi connectivity index (χ1) is 12.1. The van der Waals surface area contributed by atoms with Crippen LogP contribution in [0.2, 0.25) is 0 Å². The molecule has 25 heavy (non-hydrogen) atoms. The summed E-state index contributed by atoms with van der Waals surface area (Å²) in [5.41, 5.74) is 0.989. The van der Waals surface area contributed by atoms with Crippen molar-refractivity contribution in [1.29, 1.82) is 0 Å². The number of carbonyl (C=O) groups excluding carboxylic acids is 1. The molecular formula is C19H22O6. The number of allylic oxidation sites excluding steroid dienone is 2. The normalized spacial score (nSPS) is 28.0. The monoisotopic (exact) mass is 346 g/mol. The van der Waals surface area contributed by atoms with Crippen LogP contribution in [0.15, 0.2) is 42.5 Å². The average Bonchev–Trinajstić information content (AvgIpc) is 3.21. The molecule has 6 nitrogen and oxygen atoms in total. The number of benzene rings is 1. The Morgan fingerprint density at radius 2 is 1.84 bits per heavy atom. The molecule has 0 aromatic heterocycles. The van der Waals surface area contributed by atoms with Gasteiger partial charge in [-0.15, -0.1) is 0 Å². The molecule has 2 aliphatic carbocycles. The van der Waals surface area contributed by atoms with Crippen LogP contribution in [0, 0.1) is 23.7 Å². The highest BCUT2D eigenvalue weighted by Gasteiger charge is 2.53. The highest BCUT2D eigenvalue weighted by molar-refractivity contribution is 5.83. The van der Waals surface area contributed by atoms with Gasteiger partial charge in [-0.05, 0) is 30.7 Å². The molecule has 2 bridgehead atoms. The van der Waals surface area contributed by atoms with Gasteiger partial charge in [0.2, 0.25) is 6.29 Å². The Bertz CT molecular complexity index is 641. The Hall–Kier alpha value is -2.18. The fourth-order valence-corrected chi connectivity index (χ4v) is 3.75. The average molecular weight is 346 g/mol. The summed E-state index contributed by atoms with van der Waals surface area (Å²) in [5.74, 6) is -3.25. The van der Waals surface area contributed by atoms with Crippen LogP contribution < -0.4 is 0 Å². The lowest BCUT2D eigenvalue weighted by atomic mass is 9.83. The zero-order chi connectivity index (χ0) is 17.8. The molecule has 1 aromatic rings. The fraction of sp³-hybridized carbons (Fsp3) is 0.474. The predicted octanol–water partition coefficient (Wildman–Crippen LogP) is 2.59. The van der Waals surface area contributed by atoms with E-state index in [1.165, 1.54) is 0 Å². The lowest BCUT2D eigenvalue weighted by Crippen LogP contribution is -2.35. The molecule has 1 saturated carbocycles. The van der Waals surface area contributed by atoms with Gasteiger partial charge in [-0.2, -0.15) is 4.89 Å². The van der Waals surface area contributed by atoms with Crippen LogP contribution in [0.5, 0.6) is 0 Å². The number of fused-ring (bicyclic) bond motifs is 2. The number of carboxylic acid groups (broad SMARTS) is 1. The van der Waals surface area contributed by atoms with E-state index in [9.17, 15) is 14.7 Å². The SMILES string of the molecule is CCOC(Cc1ccccc1)OOC(=O)C1C2C=CC(C2)C1C(=O)O. The van der Waals surface area contributed by atoms with Crippen molar-refractivity contribution < 1.29 is 29.2 Å². The van der Waals surface area contributed by atoms with Crippen LogP contribution in [-0.4, -0.2) is 29.9 Å². The Kier molecular flexibility index (Phi) is 5.50. The summed E-state index contributed by atoms with van der Waals surface area (Å²) in [6.45, 7) is 2.23. The van der Waals surface area contributed by atoms with Gasteiger partial charge < -0.3 is 9.84 Å². The number of hydrogen-bond donors (Lipinski definition) is 1. The first-order valence-corrected chi connectivity index (χ1v) is 8.54. The molecule has 1 aromatic carbocycles. The molecule has 0 amide bonds. The summed E-state index contributed by atoms with van der Waals surface area (Å²) in [5, 5.41) is 9.40. The van der Waals surface area contributed by atoms with Gasteiger partial charge in [0.15, 0.2) is 0 Å². The number of aliphatic carboxylic acids is 1.